The molecule has 2 aromatic carbocycles. The van der Waals surface area contributed by atoms with Gasteiger partial charge in [-0.2, -0.15) is 0 Å². The van der Waals surface area contributed by atoms with Crippen LogP contribution in [0.25, 0.3) is 0 Å². The summed E-state index contributed by atoms with van der Waals surface area (Å²) >= 11 is 0. The molecule has 0 fully saturated rings. The minimum atomic E-state index is -1.23. The lowest BCUT2D eigenvalue weighted by Gasteiger charge is -2.13. The lowest BCUT2D eigenvalue weighted by molar-refractivity contribution is 0.0696. The molecule has 0 aromatic heterocycles. The Morgan fingerprint density at radius 1 is 1.00 bits per heavy atom. The van der Waals surface area contributed by atoms with Crippen LogP contribution in [0.15, 0.2) is 42.5 Å². The van der Waals surface area contributed by atoms with Crippen LogP contribution in [0.5, 0.6) is 11.5 Å². The summed E-state index contributed by atoms with van der Waals surface area (Å²) < 4.78 is 5.57. The first-order chi connectivity index (χ1) is 11.8. The smallest absolute Gasteiger partial charge is 0.335 e. The second-order valence-electron chi connectivity index (χ2n) is 5.72. The number of hydrogen-bond donors (Lipinski definition) is 2. The molecule has 6 heteroatoms. The molecule has 0 spiro atoms. The van der Waals surface area contributed by atoms with Gasteiger partial charge >= 0.3 is 5.97 Å². The molecule has 0 aliphatic carbocycles. The van der Waals surface area contributed by atoms with E-state index in [9.17, 15) is 19.5 Å². The summed E-state index contributed by atoms with van der Waals surface area (Å²) in [6.07, 6.45) is -0.643. The number of Topliss-reactive ketones (excluding diaryl/α,β-unsaturated/α-hetero) is 2. The number of aromatic hydroxyl groups is 1. The highest BCUT2D eigenvalue weighted by Crippen LogP contribution is 2.24. The molecular weight excluding hydrogens is 324 g/mol. The van der Waals surface area contributed by atoms with Gasteiger partial charge in [-0.1, -0.05) is 12.1 Å². The van der Waals surface area contributed by atoms with Gasteiger partial charge in [0.15, 0.2) is 11.6 Å². The van der Waals surface area contributed by atoms with E-state index < -0.39 is 24.0 Å². The molecule has 0 unspecified atom stereocenters. The van der Waals surface area contributed by atoms with E-state index in [4.69, 9.17) is 9.84 Å². The maximum absolute atomic E-state index is 12.5. The van der Waals surface area contributed by atoms with Gasteiger partial charge in [0.05, 0.1) is 29.2 Å². The van der Waals surface area contributed by atoms with Gasteiger partial charge in [-0.15, -0.1) is 0 Å². The zero-order valence-corrected chi connectivity index (χ0v) is 13.9. The number of carboxylic acids is 1. The fourth-order valence-corrected chi connectivity index (χ4v) is 2.28. The number of carbonyl (C=O) groups is 3. The molecule has 6 nitrogen and oxygen atoms in total. The number of phenolic OH excluding ortho intramolecular Hbond substituents is 1. The molecule has 0 heterocycles. The van der Waals surface area contributed by atoms with Crippen LogP contribution >= 0.6 is 0 Å². The average molecular weight is 342 g/mol. The van der Waals surface area contributed by atoms with E-state index in [1.807, 2.05) is 13.8 Å². The Labute approximate surface area is 144 Å². The topological polar surface area (TPSA) is 101 Å². The Kier molecular flexibility index (Phi) is 5.54. The molecule has 2 N–H and O–H groups in total. The van der Waals surface area contributed by atoms with Crippen LogP contribution in [0.4, 0.5) is 0 Å². The van der Waals surface area contributed by atoms with E-state index in [2.05, 4.69) is 0 Å². The standard InChI is InChI=1S/C19H18O6/c1-11(2)25-18-6-4-3-5-13(18)16(21)10-17(22)14-9-12(19(23)24)7-8-15(14)20/h3-9,11,20H,10H2,1-2H3,(H,23,24). The SMILES string of the molecule is CC(C)Oc1ccccc1C(=O)CC(=O)c1cc(C(=O)O)ccc1O. The fourth-order valence-electron chi connectivity index (χ4n) is 2.28. The van der Waals surface area contributed by atoms with Gasteiger partial charge in [0.25, 0.3) is 0 Å². The molecule has 130 valence electrons. The Morgan fingerprint density at radius 2 is 1.64 bits per heavy atom. The van der Waals surface area contributed by atoms with E-state index in [0.717, 1.165) is 12.1 Å². The maximum Gasteiger partial charge on any atom is 0.335 e. The number of carboxylic acid groups (broad SMARTS) is 1. The third-order valence-corrected chi connectivity index (χ3v) is 3.42. The molecule has 0 saturated heterocycles. The second-order valence-corrected chi connectivity index (χ2v) is 5.72. The number of ether oxygens (including phenoxy) is 1. The van der Waals surface area contributed by atoms with Crippen LogP contribution in [0, 0.1) is 0 Å². The van der Waals surface area contributed by atoms with Gasteiger partial charge in [0, 0.05) is 0 Å². The Bertz CT molecular complexity index is 822. The van der Waals surface area contributed by atoms with Crippen LogP contribution in [-0.4, -0.2) is 33.9 Å². The molecule has 0 radical (unpaired) electrons. The Hall–Kier alpha value is -3.15. The van der Waals surface area contributed by atoms with Gasteiger partial charge in [0.1, 0.15) is 11.5 Å². The average Bonchev–Trinajstić information content (AvgIpc) is 2.54. The van der Waals surface area contributed by atoms with Gasteiger partial charge in [0.2, 0.25) is 0 Å². The van der Waals surface area contributed by atoms with Crippen molar-refractivity contribution in [2.75, 3.05) is 0 Å². The number of hydrogen-bond acceptors (Lipinski definition) is 5. The molecule has 0 bridgehead atoms. The summed E-state index contributed by atoms with van der Waals surface area (Å²) in [5, 5.41) is 18.8. The van der Waals surface area contributed by atoms with E-state index in [0.29, 0.717) is 5.75 Å². The highest BCUT2D eigenvalue weighted by molar-refractivity contribution is 6.15. The minimum absolute atomic E-state index is 0.138. The van der Waals surface area contributed by atoms with Crippen molar-refractivity contribution in [3.8, 4) is 11.5 Å². The van der Waals surface area contributed by atoms with Crippen molar-refractivity contribution < 1.29 is 29.3 Å². The minimum Gasteiger partial charge on any atom is -0.507 e. The lowest BCUT2D eigenvalue weighted by Crippen LogP contribution is -2.13. The fraction of sp³-hybridized carbons (Fsp3) is 0.211. The van der Waals surface area contributed by atoms with Crippen molar-refractivity contribution in [1.82, 2.24) is 0 Å². The second kappa shape index (κ2) is 7.61. The molecule has 0 aliphatic heterocycles. The third kappa shape index (κ3) is 4.44. The summed E-state index contributed by atoms with van der Waals surface area (Å²) in [5.74, 6) is -2.35. The highest BCUT2D eigenvalue weighted by atomic mass is 16.5. The molecule has 0 amide bonds. The van der Waals surface area contributed by atoms with Crippen molar-refractivity contribution in [3.05, 3.63) is 59.2 Å². The van der Waals surface area contributed by atoms with Gasteiger partial charge in [-0.05, 0) is 44.2 Å². The number of rotatable bonds is 7. The van der Waals surface area contributed by atoms with Gasteiger partial charge in [-0.3, -0.25) is 9.59 Å². The summed E-state index contributed by atoms with van der Waals surface area (Å²) in [6.45, 7) is 3.64. The molecule has 2 rings (SSSR count). The predicted molar refractivity (Wildman–Crippen MR) is 90.6 cm³/mol. The van der Waals surface area contributed by atoms with Crippen molar-refractivity contribution >= 4 is 17.5 Å². The number of aromatic carboxylic acids is 1. The van der Waals surface area contributed by atoms with Crippen molar-refractivity contribution in [1.29, 1.82) is 0 Å². The molecular formula is C19H18O6. The Balaban J connectivity index is 2.26. The van der Waals surface area contributed by atoms with Crippen LogP contribution in [-0.2, 0) is 0 Å². The zero-order valence-electron chi connectivity index (χ0n) is 13.9. The lowest BCUT2D eigenvalue weighted by atomic mass is 9.99. The quantitative estimate of drug-likeness (QED) is 0.591. The van der Waals surface area contributed by atoms with E-state index in [1.54, 1.807) is 24.3 Å². The monoisotopic (exact) mass is 342 g/mol. The third-order valence-electron chi connectivity index (χ3n) is 3.42. The molecule has 0 saturated carbocycles. The van der Waals surface area contributed by atoms with E-state index in [1.165, 1.54) is 6.07 Å². The van der Waals surface area contributed by atoms with Crippen LogP contribution in [0.1, 0.15) is 51.3 Å². The Morgan fingerprint density at radius 3 is 2.28 bits per heavy atom. The summed E-state index contributed by atoms with van der Waals surface area (Å²) in [5.41, 5.74) is -0.0777. The number of ketones is 2. The number of benzene rings is 2. The molecule has 2 aromatic rings. The number of carbonyl (C=O) groups excluding carboxylic acids is 2. The molecule has 25 heavy (non-hydrogen) atoms. The van der Waals surface area contributed by atoms with Gasteiger partial charge in [-0.25, -0.2) is 4.79 Å². The first kappa shape index (κ1) is 18.2. The van der Waals surface area contributed by atoms with Crippen molar-refractivity contribution in [2.24, 2.45) is 0 Å². The summed E-state index contributed by atoms with van der Waals surface area (Å²) in [7, 11) is 0. The molecule has 0 atom stereocenters. The van der Waals surface area contributed by atoms with Crippen molar-refractivity contribution in [3.63, 3.8) is 0 Å². The van der Waals surface area contributed by atoms with Gasteiger partial charge < -0.3 is 14.9 Å². The predicted octanol–water partition coefficient (Wildman–Crippen LogP) is 3.33. The summed E-state index contributed by atoms with van der Waals surface area (Å²) in [6, 6.07) is 9.94. The van der Waals surface area contributed by atoms with Crippen LogP contribution < -0.4 is 4.74 Å². The van der Waals surface area contributed by atoms with Crippen LogP contribution in [0.2, 0.25) is 0 Å². The summed E-state index contributed by atoms with van der Waals surface area (Å²) in [4.78, 5) is 35.8. The first-order valence-electron chi connectivity index (χ1n) is 7.68. The molecule has 0 aliphatic rings. The maximum atomic E-state index is 12.5. The highest BCUT2D eigenvalue weighted by Gasteiger charge is 2.21. The van der Waals surface area contributed by atoms with Crippen molar-refractivity contribution in [2.45, 2.75) is 26.4 Å². The van der Waals surface area contributed by atoms with E-state index in [-0.39, 0.29) is 28.5 Å². The normalized spacial score (nSPS) is 10.5. The van der Waals surface area contributed by atoms with E-state index >= 15 is 0 Å². The number of phenols is 1. The largest absolute Gasteiger partial charge is 0.507 e. The zero-order chi connectivity index (χ0) is 18.6. The first-order valence-corrected chi connectivity index (χ1v) is 7.68. The van der Waals surface area contributed by atoms with Crippen LogP contribution in [0.3, 0.4) is 0 Å². The number of para-hydroxylation sites is 1.